The molecule has 8 atom stereocenters. The number of phenols is 1. The van der Waals surface area contributed by atoms with Gasteiger partial charge in [0, 0.05) is 23.2 Å². The fourth-order valence-electron chi connectivity index (χ4n) is 9.53. The van der Waals surface area contributed by atoms with Crippen molar-refractivity contribution in [2.45, 2.75) is 105 Å². The summed E-state index contributed by atoms with van der Waals surface area (Å²) in [6.07, 6.45) is 6.64. The summed E-state index contributed by atoms with van der Waals surface area (Å²) in [6, 6.07) is 5.85. The highest BCUT2D eigenvalue weighted by Crippen LogP contribution is 2.75. The van der Waals surface area contributed by atoms with Crippen molar-refractivity contribution in [1.82, 2.24) is 0 Å². The van der Waals surface area contributed by atoms with Crippen LogP contribution < -0.4 is 0 Å². The van der Waals surface area contributed by atoms with Gasteiger partial charge in [-0.1, -0.05) is 26.8 Å². The second-order valence-corrected chi connectivity index (χ2v) is 15.2. The molecule has 6 heteroatoms. The smallest absolute Gasteiger partial charge is 0.171 e. The monoisotopic (exact) mass is 500 g/mol. The van der Waals surface area contributed by atoms with Crippen molar-refractivity contribution in [3.8, 4) is 5.75 Å². The first kappa shape index (κ1) is 23.3. The first-order valence-electron chi connectivity index (χ1n) is 13.7. The standard InChI is InChI=1S/C29H40O5S/c1-25(2)15-33-28(34-16-25)10-11-29-24-19(8-9-27(29,32)14-28)21-6-7-23(31)26(21,3)13-20(24)18-5-4-17(30)12-22(18)35-29/h4-5,12,19-21,23-24,30-32H,6-11,13-16H2,1-3H3/t19-,20+,21-,23-,24?,26-,27+,29-/m0/s1. The van der Waals surface area contributed by atoms with Gasteiger partial charge in [0.25, 0.3) is 0 Å². The first-order chi connectivity index (χ1) is 16.5. The molecule has 2 spiro atoms. The molecule has 6 aliphatic rings. The molecule has 7 rings (SSSR count). The predicted octanol–water partition coefficient (Wildman–Crippen LogP) is 5.21. The van der Waals surface area contributed by atoms with Crippen LogP contribution in [0, 0.1) is 28.6 Å². The van der Waals surface area contributed by atoms with Gasteiger partial charge in [0.1, 0.15) is 5.75 Å². The van der Waals surface area contributed by atoms with Gasteiger partial charge in [0.15, 0.2) is 5.79 Å². The quantitative estimate of drug-likeness (QED) is 0.454. The summed E-state index contributed by atoms with van der Waals surface area (Å²) < 4.78 is 12.5. The minimum atomic E-state index is -0.884. The Morgan fingerprint density at radius 1 is 1.00 bits per heavy atom. The Morgan fingerprint density at radius 2 is 1.77 bits per heavy atom. The summed E-state index contributed by atoms with van der Waals surface area (Å²) >= 11 is 1.84. The number of hydrogen-bond acceptors (Lipinski definition) is 6. The highest BCUT2D eigenvalue weighted by molar-refractivity contribution is 8.01. The molecule has 3 N–H and O–H groups in total. The maximum Gasteiger partial charge on any atom is 0.171 e. The number of benzene rings is 1. The molecule has 2 heterocycles. The maximum atomic E-state index is 12.6. The van der Waals surface area contributed by atoms with Crippen LogP contribution in [0.3, 0.4) is 0 Å². The summed E-state index contributed by atoms with van der Waals surface area (Å²) in [7, 11) is 0. The number of thioether (sulfide) groups is 1. The fourth-order valence-corrected chi connectivity index (χ4v) is 11.5. The largest absolute Gasteiger partial charge is 0.508 e. The molecule has 1 aromatic rings. The van der Waals surface area contributed by atoms with Crippen molar-refractivity contribution < 1.29 is 24.8 Å². The lowest BCUT2D eigenvalue weighted by atomic mass is 9.44. The van der Waals surface area contributed by atoms with Crippen molar-refractivity contribution in [2.75, 3.05) is 13.2 Å². The maximum absolute atomic E-state index is 12.6. The summed E-state index contributed by atoms with van der Waals surface area (Å²) in [5, 5.41) is 34.2. The Hall–Kier alpha value is -0.790. The van der Waals surface area contributed by atoms with Gasteiger partial charge in [-0.05, 0) is 85.3 Å². The zero-order valence-corrected chi connectivity index (χ0v) is 22.1. The zero-order chi connectivity index (χ0) is 24.4. The van der Waals surface area contributed by atoms with E-state index in [1.165, 1.54) is 5.56 Å². The summed E-state index contributed by atoms with van der Waals surface area (Å²) in [5.74, 6) is 1.27. The number of aliphatic hydroxyl groups excluding tert-OH is 1. The SMILES string of the molecule is CC1(C)COC2(CC[C@@]34Sc5cc(O)ccc5[C@H]5C[C@]6(C)[C@@H](O)CC[C@H]6[C@H](CC[C@@]3(O)C2)C54)OC1. The Kier molecular flexibility index (Phi) is 4.80. The molecule has 192 valence electrons. The van der Waals surface area contributed by atoms with Gasteiger partial charge in [-0.2, -0.15) is 0 Å². The van der Waals surface area contributed by atoms with Crippen LogP contribution in [0.5, 0.6) is 5.75 Å². The van der Waals surface area contributed by atoms with Crippen LogP contribution in [0.4, 0.5) is 0 Å². The summed E-state index contributed by atoms with van der Waals surface area (Å²) in [6.45, 7) is 7.98. The topological polar surface area (TPSA) is 79.2 Å². The average Bonchev–Trinajstić information content (AvgIpc) is 3.10. The van der Waals surface area contributed by atoms with Gasteiger partial charge < -0.3 is 24.8 Å². The molecule has 5 nitrogen and oxygen atoms in total. The number of fused-ring (bicyclic) bond motifs is 4. The van der Waals surface area contributed by atoms with Crippen LogP contribution >= 0.6 is 11.8 Å². The number of aromatic hydroxyl groups is 1. The third-order valence-electron chi connectivity index (χ3n) is 11.2. The molecule has 1 unspecified atom stereocenters. The third kappa shape index (κ3) is 3.04. The lowest BCUT2D eigenvalue weighted by Crippen LogP contribution is -2.72. The lowest BCUT2D eigenvalue weighted by molar-refractivity contribution is -0.338. The molecule has 0 bridgehead atoms. The van der Waals surface area contributed by atoms with Crippen LogP contribution in [0.15, 0.2) is 23.1 Å². The van der Waals surface area contributed by atoms with Gasteiger partial charge in [0.05, 0.1) is 29.7 Å². The van der Waals surface area contributed by atoms with Crippen LogP contribution in [0.1, 0.15) is 83.6 Å². The number of hydrogen-bond donors (Lipinski definition) is 3. The van der Waals surface area contributed by atoms with Gasteiger partial charge >= 0.3 is 0 Å². The van der Waals surface area contributed by atoms with Crippen LogP contribution in [0.2, 0.25) is 0 Å². The summed E-state index contributed by atoms with van der Waals surface area (Å²) in [4.78, 5) is 1.11. The molecule has 35 heavy (non-hydrogen) atoms. The number of ether oxygens (including phenoxy) is 2. The Bertz CT molecular complexity index is 1050. The van der Waals surface area contributed by atoms with Gasteiger partial charge in [-0.15, -0.1) is 11.8 Å². The number of phenolic OH excluding ortho intramolecular Hbond substituents is 1. The minimum Gasteiger partial charge on any atom is -0.508 e. The van der Waals surface area contributed by atoms with E-state index in [-0.39, 0.29) is 27.4 Å². The highest BCUT2D eigenvalue weighted by Gasteiger charge is 2.72. The summed E-state index contributed by atoms with van der Waals surface area (Å²) in [5.41, 5.74) is 0.351. The van der Waals surface area contributed by atoms with Crippen LogP contribution in [-0.2, 0) is 9.47 Å². The van der Waals surface area contributed by atoms with Crippen molar-refractivity contribution in [1.29, 1.82) is 0 Å². The third-order valence-corrected chi connectivity index (χ3v) is 13.0. The lowest BCUT2D eigenvalue weighted by Gasteiger charge is -2.69. The van der Waals surface area contributed by atoms with E-state index in [4.69, 9.17) is 9.47 Å². The Morgan fingerprint density at radius 3 is 2.54 bits per heavy atom. The molecule has 1 aromatic carbocycles. The van der Waals surface area contributed by atoms with Gasteiger partial charge in [0.2, 0.25) is 0 Å². The number of aliphatic hydroxyl groups is 2. The van der Waals surface area contributed by atoms with E-state index < -0.39 is 11.4 Å². The molecule has 5 fully saturated rings. The minimum absolute atomic E-state index is 0.00104. The molecular formula is C29H40O5S. The van der Waals surface area contributed by atoms with E-state index in [0.717, 1.165) is 49.8 Å². The van der Waals surface area contributed by atoms with Crippen LogP contribution in [0.25, 0.3) is 0 Å². The van der Waals surface area contributed by atoms with E-state index >= 15 is 0 Å². The zero-order valence-electron chi connectivity index (χ0n) is 21.3. The van der Waals surface area contributed by atoms with E-state index in [0.29, 0.717) is 43.3 Å². The molecule has 0 radical (unpaired) electrons. The molecule has 0 amide bonds. The molecule has 4 aliphatic carbocycles. The van der Waals surface area contributed by atoms with E-state index in [1.54, 1.807) is 0 Å². The van der Waals surface area contributed by atoms with E-state index in [9.17, 15) is 15.3 Å². The molecule has 4 saturated carbocycles. The second kappa shape index (κ2) is 7.19. The molecule has 0 aromatic heterocycles. The predicted molar refractivity (Wildman–Crippen MR) is 134 cm³/mol. The van der Waals surface area contributed by atoms with Crippen molar-refractivity contribution in [3.63, 3.8) is 0 Å². The normalized spacial score (nSPS) is 49.0. The van der Waals surface area contributed by atoms with Crippen LogP contribution in [-0.4, -0.2) is 50.8 Å². The number of rotatable bonds is 0. The van der Waals surface area contributed by atoms with E-state index in [1.807, 2.05) is 23.9 Å². The Balaban J connectivity index is 1.34. The van der Waals surface area contributed by atoms with Crippen molar-refractivity contribution >= 4 is 11.8 Å². The van der Waals surface area contributed by atoms with Gasteiger partial charge in [-0.3, -0.25) is 0 Å². The first-order valence-corrected chi connectivity index (χ1v) is 14.5. The highest BCUT2D eigenvalue weighted by atomic mass is 32.2. The fraction of sp³-hybridized carbons (Fsp3) is 0.793. The molecule has 1 saturated heterocycles. The van der Waals surface area contributed by atoms with Gasteiger partial charge in [-0.25, -0.2) is 0 Å². The Labute approximate surface area is 213 Å². The molecular weight excluding hydrogens is 460 g/mol. The van der Waals surface area contributed by atoms with Crippen molar-refractivity contribution in [3.05, 3.63) is 23.8 Å². The van der Waals surface area contributed by atoms with E-state index in [2.05, 4.69) is 26.8 Å². The average molecular weight is 501 g/mol. The van der Waals surface area contributed by atoms with Crippen molar-refractivity contribution in [2.24, 2.45) is 28.6 Å². The second-order valence-electron chi connectivity index (χ2n) is 13.8. The molecule has 2 aliphatic heterocycles.